The summed E-state index contributed by atoms with van der Waals surface area (Å²) < 4.78 is 47.6. The number of ether oxygens (including phenoxy) is 10. The number of amides is 2. The fourth-order valence-corrected chi connectivity index (χ4v) is 3.68. The Balaban J connectivity index is -0.000000165. The summed E-state index contributed by atoms with van der Waals surface area (Å²) in [6, 6.07) is 0. The van der Waals surface area contributed by atoms with Gasteiger partial charge in [-0.1, -0.05) is 66.9 Å². The molecule has 6 N–H and O–H groups in total. The maximum atomic E-state index is 11.5. The molecular weight excluding hydrogens is 1140 g/mol. The van der Waals surface area contributed by atoms with Crippen LogP contribution in [0.2, 0.25) is 0 Å². The van der Waals surface area contributed by atoms with E-state index in [0.29, 0.717) is 24.8 Å². The van der Waals surface area contributed by atoms with Gasteiger partial charge in [0.1, 0.15) is 44.9 Å². The lowest BCUT2D eigenvalue weighted by molar-refractivity contribution is -0.160. The SMILES string of the molecule is C(CC1CO1)CC1CO1.C=CC(=O)NCNC(=O)C=C.C=CC(=O)OCOC(=O)C=C.C=O.CCC.CCC.COC(=N)CC(=N)OC.COC(=N)CC(=N)OC.COC(=O)CC(=O)OC.O=C(CC(=O)n1ccnc1)n1ccnc1.O=CCC=O. The molecule has 2 fully saturated rings. The molecule has 0 aromatic carbocycles. The number of carbonyl (C=O) groups excluding carboxylic acids is 11. The minimum Gasteiger partial charge on any atom is -0.484 e. The lowest BCUT2D eigenvalue weighted by Crippen LogP contribution is -2.35. The Morgan fingerprint density at radius 1 is 0.547 bits per heavy atom. The highest BCUT2D eigenvalue weighted by Crippen LogP contribution is 2.21. The number of aromatic nitrogens is 4. The molecule has 2 aliphatic rings. The molecule has 4 heterocycles. The molecule has 0 aliphatic carbocycles. The van der Waals surface area contributed by atoms with Crippen LogP contribution in [0.3, 0.4) is 0 Å². The summed E-state index contributed by atoms with van der Waals surface area (Å²) in [5.41, 5.74) is 0. The van der Waals surface area contributed by atoms with Crippen LogP contribution in [0.25, 0.3) is 0 Å². The van der Waals surface area contributed by atoms with Crippen LogP contribution in [-0.4, -0.2) is 191 Å². The van der Waals surface area contributed by atoms with Gasteiger partial charge in [0, 0.05) is 36.9 Å². The van der Waals surface area contributed by atoms with Crippen LogP contribution < -0.4 is 10.6 Å². The minimum absolute atomic E-state index is 0.0278. The number of aldehydes is 2. The van der Waals surface area contributed by atoms with Crippen molar-refractivity contribution >= 4 is 90.5 Å². The van der Waals surface area contributed by atoms with Gasteiger partial charge in [-0.15, -0.1) is 0 Å². The third kappa shape index (κ3) is 72.4. The highest BCUT2D eigenvalue weighted by Gasteiger charge is 2.25. The van der Waals surface area contributed by atoms with E-state index in [1.54, 1.807) is 0 Å². The first-order chi connectivity index (χ1) is 41.0. The molecule has 31 nitrogen and oxygen atoms in total. The molecule has 2 saturated heterocycles. The molecular formula is C55H88N10O21. The van der Waals surface area contributed by atoms with Crippen LogP contribution in [0, 0.1) is 21.6 Å². The molecule has 2 aromatic heterocycles. The monoisotopic (exact) mass is 1220 g/mol. The Kier molecular flexibility index (Phi) is 71.1. The first-order valence-corrected chi connectivity index (χ1v) is 25.4. The second kappa shape index (κ2) is 67.9. The predicted octanol–water partition coefficient (Wildman–Crippen LogP) is 4.75. The molecule has 0 saturated carbocycles. The van der Waals surface area contributed by atoms with Gasteiger partial charge in [0.15, 0.2) is 23.6 Å². The molecule has 31 heteroatoms. The summed E-state index contributed by atoms with van der Waals surface area (Å²) in [6.07, 6.45) is 21.3. The summed E-state index contributed by atoms with van der Waals surface area (Å²) >= 11 is 0. The zero-order valence-electron chi connectivity index (χ0n) is 50.9. The van der Waals surface area contributed by atoms with E-state index in [1.165, 1.54) is 121 Å². The van der Waals surface area contributed by atoms with Gasteiger partial charge in [0.25, 0.3) is 0 Å². The van der Waals surface area contributed by atoms with Crippen LogP contribution >= 0.6 is 0 Å². The van der Waals surface area contributed by atoms with Crippen molar-refractivity contribution in [3.8, 4) is 0 Å². The van der Waals surface area contributed by atoms with Gasteiger partial charge < -0.3 is 72.4 Å². The number of rotatable bonds is 22. The quantitative estimate of drug-likeness (QED) is 0.0107. The molecule has 2 amide bonds. The normalized spacial score (nSPS) is 11.3. The highest BCUT2D eigenvalue weighted by atomic mass is 16.7. The number of nitrogens with zero attached hydrogens (tertiary/aromatic N) is 4. The first kappa shape index (κ1) is 90.1. The molecule has 2 aliphatic heterocycles. The van der Waals surface area contributed by atoms with Crippen LogP contribution in [-0.2, 0) is 90.5 Å². The maximum Gasteiger partial charge on any atom is 0.333 e. The number of esters is 4. The van der Waals surface area contributed by atoms with E-state index in [2.05, 4.69) is 113 Å². The Labute approximate surface area is 502 Å². The van der Waals surface area contributed by atoms with Crippen LogP contribution in [0.5, 0.6) is 0 Å². The number of carbonyl (C=O) groups is 11. The average molecular weight is 1230 g/mol. The number of nitrogens with one attached hydrogen (secondary N) is 6. The van der Waals surface area contributed by atoms with E-state index in [0.717, 1.165) is 37.5 Å². The summed E-state index contributed by atoms with van der Waals surface area (Å²) in [5.74, 6) is -3.54. The van der Waals surface area contributed by atoms with Crippen molar-refractivity contribution in [2.24, 2.45) is 0 Å². The predicted molar refractivity (Wildman–Crippen MR) is 315 cm³/mol. The molecule has 2 unspecified atom stereocenters. The third-order valence-corrected chi connectivity index (χ3v) is 7.94. The fourth-order valence-electron chi connectivity index (χ4n) is 3.68. The van der Waals surface area contributed by atoms with Crippen LogP contribution in [0.15, 0.2) is 88.1 Å². The van der Waals surface area contributed by atoms with Crippen molar-refractivity contribution in [1.82, 2.24) is 29.7 Å². The molecule has 0 radical (unpaired) electrons. The number of hydrogen-bond acceptors (Lipinski definition) is 27. The molecule has 0 spiro atoms. The van der Waals surface area contributed by atoms with Crippen molar-refractivity contribution < 1.29 is 100 Å². The summed E-state index contributed by atoms with van der Waals surface area (Å²) in [5, 5.41) is 32.4. The number of hydrogen-bond donors (Lipinski definition) is 6. The second-order valence-corrected chi connectivity index (χ2v) is 15.0. The van der Waals surface area contributed by atoms with E-state index < -0.39 is 30.7 Å². The number of imidazole rings is 2. The Morgan fingerprint density at radius 3 is 1.07 bits per heavy atom. The molecule has 2 atom stereocenters. The van der Waals surface area contributed by atoms with Crippen molar-refractivity contribution in [3.63, 3.8) is 0 Å². The van der Waals surface area contributed by atoms with Crippen LogP contribution in [0.4, 0.5) is 0 Å². The van der Waals surface area contributed by atoms with Crippen LogP contribution in [0.1, 0.15) is 101 Å². The van der Waals surface area contributed by atoms with Gasteiger partial charge in [0.05, 0.1) is 94.0 Å². The van der Waals surface area contributed by atoms with Crippen molar-refractivity contribution in [1.29, 1.82) is 21.6 Å². The van der Waals surface area contributed by atoms with E-state index in [4.69, 9.17) is 35.9 Å². The topological polar surface area (TPSA) is 442 Å². The van der Waals surface area contributed by atoms with Crippen molar-refractivity contribution in [3.05, 3.63) is 88.1 Å². The lowest BCUT2D eigenvalue weighted by Gasteiger charge is -2.01. The molecule has 484 valence electrons. The average Bonchev–Trinajstić information content (AvgIpc) is 4.55. The molecule has 86 heavy (non-hydrogen) atoms. The fraction of sp³-hybridized carbons (Fsp3) is 0.473. The standard InChI is InChI=1S/C9H8N4O2.C7H10N2O2.C7H8O4.C7H12O2.2C5H10N2O2.C5H8O4.C3H4O2.2C3H8.CH2O/c14-8(12-3-1-10-6-12)5-9(15)13-4-2-11-7-13;1-3-6(10)8-5-9-7(11)4-2;1-3-6(8)10-5-11-7(9)4-2;1(2-6-4-8-6)3-7-5-9-7;3*1-8-4(6)3-5(7)9-2;4-2-1-3-5;2*1-3-2;1-2/h1-4,6-7H,5H2;3-4H,1-2,5H2,(H,8,10)(H,9,11);3-4H,1-2,5H2;6-7H,1-5H2;2*6-7H,3H2,1-2H3;3H2,1-2H3;2-3H,1H2;2*3H2,1-2H3;1H2. The molecule has 0 bridgehead atoms. The number of epoxide rings is 2. The Morgan fingerprint density at radius 2 is 0.860 bits per heavy atom. The van der Waals surface area contributed by atoms with E-state index in [-0.39, 0.29) is 86.0 Å². The smallest absolute Gasteiger partial charge is 0.333 e. The van der Waals surface area contributed by atoms with Gasteiger partial charge in [-0.25, -0.2) is 19.6 Å². The lowest BCUT2D eigenvalue weighted by atomic mass is 10.2. The van der Waals surface area contributed by atoms with Gasteiger partial charge >= 0.3 is 23.9 Å². The molecule has 2 aromatic rings. The summed E-state index contributed by atoms with van der Waals surface area (Å²) in [6.45, 7) is 25.0. The third-order valence-electron chi connectivity index (χ3n) is 7.94. The Bertz CT molecular complexity index is 1990. The van der Waals surface area contributed by atoms with E-state index in [1.807, 2.05) is 6.79 Å². The minimum atomic E-state index is -0.637. The van der Waals surface area contributed by atoms with Crippen molar-refractivity contribution in [2.75, 3.05) is 69.3 Å². The van der Waals surface area contributed by atoms with Gasteiger partial charge in [-0.05, 0) is 31.4 Å². The van der Waals surface area contributed by atoms with Gasteiger partial charge in [0.2, 0.25) is 30.4 Å². The van der Waals surface area contributed by atoms with Gasteiger partial charge in [-0.3, -0.25) is 59.5 Å². The molecule has 4 rings (SSSR count). The largest absolute Gasteiger partial charge is 0.484 e. The second-order valence-electron chi connectivity index (χ2n) is 15.0. The maximum absolute atomic E-state index is 11.5. The summed E-state index contributed by atoms with van der Waals surface area (Å²) in [7, 11) is 8.00. The van der Waals surface area contributed by atoms with Crippen molar-refractivity contribution in [2.45, 2.75) is 104 Å². The Hall–Kier alpha value is -9.65. The van der Waals surface area contributed by atoms with Gasteiger partial charge in [-0.2, -0.15) is 0 Å². The number of methoxy groups -OCH3 is 6. The van der Waals surface area contributed by atoms with E-state index in [9.17, 15) is 47.9 Å². The first-order valence-electron chi connectivity index (χ1n) is 25.4. The zero-order valence-corrected chi connectivity index (χ0v) is 50.9. The summed E-state index contributed by atoms with van der Waals surface area (Å²) in [4.78, 5) is 119. The zero-order chi connectivity index (χ0) is 67.5. The highest BCUT2D eigenvalue weighted by molar-refractivity contribution is 5.99. The van der Waals surface area contributed by atoms with E-state index >= 15 is 0 Å².